The fraction of sp³-hybridized carbons (Fsp3) is 0.267. The predicted octanol–water partition coefficient (Wildman–Crippen LogP) is 1.46. The molecule has 1 N–H and O–H groups in total. The minimum atomic E-state index is -1.31. The van der Waals surface area contributed by atoms with Crippen molar-refractivity contribution in [3.8, 4) is 5.75 Å². The van der Waals surface area contributed by atoms with Crippen LogP contribution >= 0.6 is 35.7 Å². The van der Waals surface area contributed by atoms with Crippen LogP contribution in [0.4, 0.5) is 0 Å². The van der Waals surface area contributed by atoms with Crippen molar-refractivity contribution in [2.45, 2.75) is 12.5 Å². The van der Waals surface area contributed by atoms with Gasteiger partial charge < -0.3 is 15.0 Å². The second-order valence-corrected chi connectivity index (χ2v) is 7.42. The molecular formula is C15H14NO4S3-. The fourth-order valence-corrected chi connectivity index (χ4v) is 3.91. The van der Waals surface area contributed by atoms with Crippen LogP contribution in [0.2, 0.25) is 0 Å². The standard InChI is InChI=1S/C15H15NO4S3/c1-22-6-5-11(14(19)20)16-13(18)12(23-15(16)21)8-9-3-2-4-10(17)7-9/h2-4,7-8,11,17H,5-6H2,1H3,(H,19,20)/p-1/b12-8+/t11-/m0/s1. The molecule has 1 heterocycles. The van der Waals surface area contributed by atoms with Gasteiger partial charge in [0.2, 0.25) is 0 Å². The highest BCUT2D eigenvalue weighted by atomic mass is 32.2. The summed E-state index contributed by atoms with van der Waals surface area (Å²) in [5, 5.41) is 20.8. The number of nitrogens with zero attached hydrogens (tertiary/aromatic N) is 1. The van der Waals surface area contributed by atoms with E-state index in [1.165, 1.54) is 23.9 Å². The Hall–Kier alpha value is -1.51. The number of phenols is 1. The molecule has 0 unspecified atom stereocenters. The van der Waals surface area contributed by atoms with Gasteiger partial charge in [0.05, 0.1) is 16.9 Å². The number of rotatable bonds is 6. The molecule has 0 aliphatic carbocycles. The Labute approximate surface area is 147 Å². The molecule has 1 aliphatic heterocycles. The quantitative estimate of drug-likeness (QED) is 0.601. The van der Waals surface area contributed by atoms with E-state index >= 15 is 0 Å². The van der Waals surface area contributed by atoms with E-state index in [-0.39, 0.29) is 16.5 Å². The minimum absolute atomic E-state index is 0.0850. The van der Waals surface area contributed by atoms with E-state index in [4.69, 9.17) is 12.2 Å². The number of hydrogen-bond donors (Lipinski definition) is 1. The molecule has 0 radical (unpaired) electrons. The highest BCUT2D eigenvalue weighted by Crippen LogP contribution is 2.35. The van der Waals surface area contributed by atoms with Crippen molar-refractivity contribution in [2.24, 2.45) is 0 Å². The van der Waals surface area contributed by atoms with Crippen LogP contribution in [0.15, 0.2) is 29.2 Å². The lowest BCUT2D eigenvalue weighted by Gasteiger charge is -2.27. The summed E-state index contributed by atoms with van der Waals surface area (Å²) in [5.41, 5.74) is 0.639. The van der Waals surface area contributed by atoms with Crippen molar-refractivity contribution in [3.63, 3.8) is 0 Å². The van der Waals surface area contributed by atoms with Crippen LogP contribution in [-0.4, -0.2) is 44.3 Å². The molecule has 122 valence electrons. The number of amides is 1. The van der Waals surface area contributed by atoms with Crippen molar-refractivity contribution < 1.29 is 19.8 Å². The highest BCUT2D eigenvalue weighted by Gasteiger charge is 2.37. The van der Waals surface area contributed by atoms with Crippen LogP contribution in [0.5, 0.6) is 5.75 Å². The largest absolute Gasteiger partial charge is 0.548 e. The Kier molecular flexibility index (Phi) is 6.09. The Balaban J connectivity index is 2.26. The summed E-state index contributed by atoms with van der Waals surface area (Å²) in [7, 11) is 0. The van der Waals surface area contributed by atoms with Gasteiger partial charge in [-0.25, -0.2) is 0 Å². The number of carboxylic acids is 1. The average Bonchev–Trinajstić information content (AvgIpc) is 2.75. The van der Waals surface area contributed by atoms with Crippen molar-refractivity contribution in [1.82, 2.24) is 4.90 Å². The molecule has 23 heavy (non-hydrogen) atoms. The lowest BCUT2D eigenvalue weighted by atomic mass is 10.1. The molecule has 0 bridgehead atoms. The number of aromatic hydroxyl groups is 1. The van der Waals surface area contributed by atoms with Gasteiger partial charge in [0.15, 0.2) is 0 Å². The molecule has 1 fully saturated rings. The normalized spacial score (nSPS) is 17.8. The maximum absolute atomic E-state index is 12.5. The summed E-state index contributed by atoms with van der Waals surface area (Å²) < 4.78 is 0.205. The first kappa shape index (κ1) is 17.8. The molecule has 0 aromatic heterocycles. The second kappa shape index (κ2) is 7.85. The van der Waals surface area contributed by atoms with Crippen LogP contribution < -0.4 is 5.11 Å². The molecular weight excluding hydrogens is 354 g/mol. The van der Waals surface area contributed by atoms with E-state index < -0.39 is 17.9 Å². The number of phenolic OH excluding ortho intramolecular Hbond substituents is 1. The zero-order valence-corrected chi connectivity index (χ0v) is 14.7. The predicted molar refractivity (Wildman–Crippen MR) is 94.9 cm³/mol. The van der Waals surface area contributed by atoms with E-state index in [2.05, 4.69) is 0 Å². The number of carbonyl (C=O) groups excluding carboxylic acids is 2. The minimum Gasteiger partial charge on any atom is -0.548 e. The van der Waals surface area contributed by atoms with Crippen LogP contribution in [0.25, 0.3) is 6.08 Å². The summed E-state index contributed by atoms with van der Waals surface area (Å²) in [6.45, 7) is 0. The molecule has 8 heteroatoms. The first-order chi connectivity index (χ1) is 10.9. The van der Waals surface area contributed by atoms with Gasteiger partial charge in [-0.05, 0) is 42.2 Å². The third-order valence-electron chi connectivity index (χ3n) is 3.17. The lowest BCUT2D eigenvalue weighted by molar-refractivity contribution is -0.310. The Morgan fingerprint density at radius 2 is 2.30 bits per heavy atom. The number of carbonyl (C=O) groups is 2. The molecule has 0 saturated carbocycles. The number of thiocarbonyl (C=S) groups is 1. The average molecular weight is 368 g/mol. The summed E-state index contributed by atoms with van der Waals surface area (Å²) in [5.74, 6) is -1.09. The van der Waals surface area contributed by atoms with Crippen LogP contribution in [-0.2, 0) is 9.59 Å². The second-order valence-electron chi connectivity index (χ2n) is 4.76. The van der Waals surface area contributed by atoms with Gasteiger partial charge in [-0.3, -0.25) is 9.69 Å². The first-order valence-electron chi connectivity index (χ1n) is 6.70. The Bertz CT molecular complexity index is 674. The van der Waals surface area contributed by atoms with E-state index in [0.717, 1.165) is 16.7 Å². The summed E-state index contributed by atoms with van der Waals surface area (Å²) in [4.78, 5) is 25.3. The maximum atomic E-state index is 12.5. The number of carboxylic acid groups (broad SMARTS) is 1. The van der Waals surface area contributed by atoms with Gasteiger partial charge in [-0.1, -0.05) is 36.1 Å². The highest BCUT2D eigenvalue weighted by molar-refractivity contribution is 8.26. The van der Waals surface area contributed by atoms with E-state index in [1.54, 1.807) is 18.2 Å². The van der Waals surface area contributed by atoms with E-state index in [0.29, 0.717) is 16.2 Å². The number of thioether (sulfide) groups is 2. The van der Waals surface area contributed by atoms with E-state index in [9.17, 15) is 19.8 Å². The third-order valence-corrected chi connectivity index (χ3v) is 5.15. The Morgan fingerprint density at radius 3 is 2.91 bits per heavy atom. The Morgan fingerprint density at radius 1 is 1.57 bits per heavy atom. The molecule has 1 aromatic carbocycles. The summed E-state index contributed by atoms with van der Waals surface area (Å²) >= 11 is 7.71. The molecule has 1 saturated heterocycles. The molecule has 1 amide bonds. The van der Waals surface area contributed by atoms with Gasteiger partial charge in [0.25, 0.3) is 5.91 Å². The van der Waals surface area contributed by atoms with Crippen molar-refractivity contribution in [2.75, 3.05) is 12.0 Å². The zero-order chi connectivity index (χ0) is 17.0. The molecule has 1 aliphatic rings. The van der Waals surface area contributed by atoms with Gasteiger partial charge in [-0.15, -0.1) is 0 Å². The lowest BCUT2D eigenvalue weighted by Crippen LogP contribution is -2.50. The van der Waals surface area contributed by atoms with Crippen LogP contribution in [0.1, 0.15) is 12.0 Å². The van der Waals surface area contributed by atoms with Gasteiger partial charge in [0, 0.05) is 0 Å². The first-order valence-corrected chi connectivity index (χ1v) is 9.31. The monoisotopic (exact) mass is 368 g/mol. The summed E-state index contributed by atoms with van der Waals surface area (Å²) in [6.07, 6.45) is 3.72. The number of aliphatic carboxylic acids is 1. The fourth-order valence-electron chi connectivity index (χ4n) is 2.10. The van der Waals surface area contributed by atoms with Gasteiger partial charge >= 0.3 is 0 Å². The molecule has 5 nitrogen and oxygen atoms in total. The number of hydrogen-bond acceptors (Lipinski definition) is 7. The summed E-state index contributed by atoms with van der Waals surface area (Å²) in [6, 6.07) is 5.36. The topological polar surface area (TPSA) is 80.7 Å². The zero-order valence-electron chi connectivity index (χ0n) is 12.2. The molecule has 2 rings (SSSR count). The maximum Gasteiger partial charge on any atom is 0.266 e. The molecule has 1 atom stereocenters. The third kappa shape index (κ3) is 4.27. The number of benzene rings is 1. The molecule has 1 aromatic rings. The SMILES string of the molecule is CSCC[C@@H](C(=O)[O-])N1C(=O)/C(=C\c2cccc(O)c2)SC1=S. The smallest absolute Gasteiger partial charge is 0.266 e. The van der Waals surface area contributed by atoms with E-state index in [1.807, 2.05) is 6.26 Å². The van der Waals surface area contributed by atoms with Crippen molar-refractivity contribution >= 4 is 58.0 Å². The molecule has 0 spiro atoms. The van der Waals surface area contributed by atoms with Crippen LogP contribution in [0.3, 0.4) is 0 Å². The van der Waals surface area contributed by atoms with Crippen molar-refractivity contribution in [1.29, 1.82) is 0 Å². The van der Waals surface area contributed by atoms with Crippen LogP contribution in [0, 0.1) is 0 Å². The van der Waals surface area contributed by atoms with Gasteiger partial charge in [-0.2, -0.15) is 11.8 Å². The van der Waals surface area contributed by atoms with Gasteiger partial charge in [0.1, 0.15) is 10.1 Å². The van der Waals surface area contributed by atoms with Crippen molar-refractivity contribution in [3.05, 3.63) is 34.7 Å².